The Morgan fingerprint density at radius 1 is 1.21 bits per heavy atom. The molecule has 2 atom stereocenters. The quantitative estimate of drug-likeness (QED) is 0.677. The first-order valence-electron chi connectivity index (χ1n) is 9.94. The third kappa shape index (κ3) is 4.38. The molecule has 0 aromatic carbocycles. The van der Waals surface area contributed by atoms with Crippen LogP contribution in [-0.2, 0) is 16.1 Å². The summed E-state index contributed by atoms with van der Waals surface area (Å²) < 4.78 is 1.92. The van der Waals surface area contributed by atoms with Gasteiger partial charge in [-0.25, -0.2) is 0 Å². The van der Waals surface area contributed by atoms with E-state index in [1.165, 1.54) is 0 Å². The van der Waals surface area contributed by atoms with Gasteiger partial charge in [-0.1, -0.05) is 0 Å². The molecule has 2 aliphatic heterocycles. The van der Waals surface area contributed by atoms with Crippen LogP contribution < -0.4 is 0 Å². The Bertz CT molecular complexity index is 734. The van der Waals surface area contributed by atoms with Crippen molar-refractivity contribution in [3.05, 3.63) is 17.5 Å². The van der Waals surface area contributed by atoms with Gasteiger partial charge in [-0.2, -0.15) is 16.9 Å². The van der Waals surface area contributed by atoms with E-state index in [4.69, 9.17) is 0 Å². The molecule has 7 nitrogen and oxygen atoms in total. The second-order valence-electron chi connectivity index (χ2n) is 8.68. The van der Waals surface area contributed by atoms with Gasteiger partial charge in [0.05, 0.1) is 11.4 Å². The van der Waals surface area contributed by atoms with Gasteiger partial charge in [0.1, 0.15) is 0 Å². The number of carbonyl (C=O) groups excluding carboxylic acids is 2. The lowest BCUT2D eigenvalue weighted by atomic mass is 9.80. The second-order valence-corrected chi connectivity index (χ2v) is 9.54. The van der Waals surface area contributed by atoms with E-state index in [9.17, 15) is 9.59 Å². The van der Waals surface area contributed by atoms with Gasteiger partial charge in [0, 0.05) is 62.7 Å². The normalized spacial score (nSPS) is 24.3. The van der Waals surface area contributed by atoms with E-state index >= 15 is 0 Å². The predicted molar refractivity (Wildman–Crippen MR) is 112 cm³/mol. The van der Waals surface area contributed by atoms with Crippen LogP contribution in [0, 0.1) is 25.2 Å². The van der Waals surface area contributed by atoms with Crippen molar-refractivity contribution in [3.8, 4) is 0 Å². The average Bonchev–Trinajstić information content (AvgIpc) is 3.21. The summed E-state index contributed by atoms with van der Waals surface area (Å²) in [5.41, 5.74) is 2.07. The van der Waals surface area contributed by atoms with Crippen molar-refractivity contribution in [2.24, 2.45) is 11.3 Å². The topological polar surface area (TPSA) is 61.7 Å². The molecule has 3 rings (SSSR count). The van der Waals surface area contributed by atoms with Gasteiger partial charge in [0.15, 0.2) is 0 Å². The zero-order valence-electron chi connectivity index (χ0n) is 17.8. The minimum absolute atomic E-state index is 0.00850. The summed E-state index contributed by atoms with van der Waals surface area (Å²) in [5, 5.41) is 4.46. The zero-order valence-corrected chi connectivity index (χ0v) is 18.6. The number of nitrogens with zero attached hydrogens (tertiary/aromatic N) is 5. The molecule has 2 fully saturated rings. The van der Waals surface area contributed by atoms with E-state index in [1.54, 1.807) is 11.8 Å². The smallest absolute Gasteiger partial charge is 0.232 e. The molecule has 28 heavy (non-hydrogen) atoms. The lowest BCUT2D eigenvalue weighted by molar-refractivity contribution is -0.131. The molecule has 2 amide bonds. The number of aryl methyl sites for hydroxylation is 3. The molecule has 0 bridgehead atoms. The third-order valence-corrected chi connectivity index (χ3v) is 6.54. The molecule has 0 radical (unpaired) electrons. The van der Waals surface area contributed by atoms with Crippen molar-refractivity contribution in [1.82, 2.24) is 24.5 Å². The van der Waals surface area contributed by atoms with E-state index in [0.717, 1.165) is 44.1 Å². The fourth-order valence-electron chi connectivity index (χ4n) is 4.89. The van der Waals surface area contributed by atoms with E-state index in [1.807, 2.05) is 40.7 Å². The summed E-state index contributed by atoms with van der Waals surface area (Å²) in [6.07, 6.45) is 2.44. The van der Waals surface area contributed by atoms with Gasteiger partial charge < -0.3 is 14.7 Å². The molecule has 2 saturated heterocycles. The molecule has 1 aromatic rings. The molecule has 156 valence electrons. The van der Waals surface area contributed by atoms with Crippen molar-refractivity contribution in [2.75, 3.05) is 58.8 Å². The first-order valence-corrected chi connectivity index (χ1v) is 11.3. The maximum absolute atomic E-state index is 12.9. The minimum Gasteiger partial charge on any atom is -0.342 e. The van der Waals surface area contributed by atoms with Crippen LogP contribution >= 0.6 is 11.8 Å². The number of hydrogen-bond donors (Lipinski definition) is 0. The van der Waals surface area contributed by atoms with E-state index in [-0.39, 0.29) is 17.2 Å². The van der Waals surface area contributed by atoms with Gasteiger partial charge in [-0.05, 0) is 40.3 Å². The lowest BCUT2D eigenvalue weighted by Crippen LogP contribution is -2.44. The third-order valence-electron chi connectivity index (χ3n) is 6.00. The fourth-order valence-corrected chi connectivity index (χ4v) is 5.32. The molecule has 0 aliphatic carbocycles. The van der Waals surface area contributed by atoms with Crippen LogP contribution in [0.5, 0.6) is 0 Å². The van der Waals surface area contributed by atoms with Crippen molar-refractivity contribution in [2.45, 2.75) is 26.8 Å². The van der Waals surface area contributed by atoms with Crippen LogP contribution in [0.3, 0.4) is 0 Å². The highest BCUT2D eigenvalue weighted by Gasteiger charge is 2.54. The minimum atomic E-state index is -0.00850. The number of amides is 2. The van der Waals surface area contributed by atoms with Gasteiger partial charge in [-0.15, -0.1) is 0 Å². The van der Waals surface area contributed by atoms with Crippen LogP contribution in [0.15, 0.2) is 6.07 Å². The number of aromatic nitrogens is 2. The standard InChI is InChI=1S/C20H33N5O2S/c1-15-8-16(2)25(21-15)7-6-18(26)23-9-17-10-24(19(27)11-28-5)14-20(17,13-23)12-22(3)4/h8,17H,6-7,9-14H2,1-5H3. The Labute approximate surface area is 172 Å². The summed E-state index contributed by atoms with van der Waals surface area (Å²) in [6.45, 7) is 8.56. The van der Waals surface area contributed by atoms with Gasteiger partial charge >= 0.3 is 0 Å². The van der Waals surface area contributed by atoms with Crippen LogP contribution in [0.1, 0.15) is 17.8 Å². The number of fused-ring (bicyclic) bond motifs is 1. The number of carbonyl (C=O) groups is 2. The molecule has 0 N–H and O–H groups in total. The second kappa shape index (κ2) is 8.45. The van der Waals surface area contributed by atoms with Crippen LogP contribution in [-0.4, -0.2) is 95.1 Å². The van der Waals surface area contributed by atoms with Crippen LogP contribution in [0.2, 0.25) is 0 Å². The average molecular weight is 408 g/mol. The Balaban J connectivity index is 1.64. The number of thioether (sulfide) groups is 1. The summed E-state index contributed by atoms with van der Waals surface area (Å²) in [7, 11) is 4.15. The summed E-state index contributed by atoms with van der Waals surface area (Å²) in [5.74, 6) is 1.32. The molecule has 2 aliphatic rings. The van der Waals surface area contributed by atoms with Crippen LogP contribution in [0.25, 0.3) is 0 Å². The predicted octanol–water partition coefficient (Wildman–Crippen LogP) is 1.10. The van der Waals surface area contributed by atoms with Gasteiger partial charge in [0.25, 0.3) is 0 Å². The van der Waals surface area contributed by atoms with Crippen LogP contribution in [0.4, 0.5) is 0 Å². The zero-order chi connectivity index (χ0) is 20.5. The highest BCUT2D eigenvalue weighted by molar-refractivity contribution is 7.99. The maximum atomic E-state index is 12.9. The maximum Gasteiger partial charge on any atom is 0.232 e. The van der Waals surface area contributed by atoms with E-state index in [0.29, 0.717) is 24.6 Å². The largest absolute Gasteiger partial charge is 0.342 e. The lowest BCUT2D eigenvalue weighted by Gasteiger charge is -2.32. The van der Waals surface area contributed by atoms with Gasteiger partial charge in [-0.3, -0.25) is 14.3 Å². The Morgan fingerprint density at radius 2 is 1.86 bits per heavy atom. The summed E-state index contributed by atoms with van der Waals surface area (Å²) >= 11 is 1.58. The monoisotopic (exact) mass is 407 g/mol. The Hall–Kier alpha value is -1.54. The highest BCUT2D eigenvalue weighted by Crippen LogP contribution is 2.43. The molecule has 3 heterocycles. The van der Waals surface area contributed by atoms with E-state index < -0.39 is 0 Å². The van der Waals surface area contributed by atoms with Gasteiger partial charge in [0.2, 0.25) is 11.8 Å². The molecule has 1 aromatic heterocycles. The van der Waals surface area contributed by atoms with Crippen molar-refractivity contribution in [3.63, 3.8) is 0 Å². The Kier molecular flexibility index (Phi) is 6.39. The molecule has 0 saturated carbocycles. The summed E-state index contributed by atoms with van der Waals surface area (Å²) in [6, 6.07) is 2.04. The first kappa shape index (κ1) is 21.2. The van der Waals surface area contributed by atoms with Crippen molar-refractivity contribution < 1.29 is 9.59 Å². The SMILES string of the molecule is CSCC(=O)N1CC2CN(C(=O)CCn3nc(C)cc3C)CC2(CN(C)C)C1. The number of hydrogen-bond acceptors (Lipinski definition) is 5. The van der Waals surface area contributed by atoms with E-state index in [2.05, 4.69) is 24.1 Å². The molecule has 8 heteroatoms. The molecular weight excluding hydrogens is 374 g/mol. The molecular formula is C20H33N5O2S. The highest BCUT2D eigenvalue weighted by atomic mass is 32.2. The fraction of sp³-hybridized carbons (Fsp3) is 0.750. The Morgan fingerprint density at radius 3 is 2.39 bits per heavy atom. The first-order chi connectivity index (χ1) is 13.2. The molecule has 2 unspecified atom stereocenters. The number of likely N-dealkylation sites (tertiary alicyclic amines) is 2. The number of rotatable bonds is 7. The van der Waals surface area contributed by atoms with Crippen molar-refractivity contribution in [1.29, 1.82) is 0 Å². The van der Waals surface area contributed by atoms with Crippen molar-refractivity contribution >= 4 is 23.6 Å². The summed E-state index contributed by atoms with van der Waals surface area (Å²) in [4.78, 5) is 31.5. The molecule has 0 spiro atoms.